The molecule has 31 heavy (non-hydrogen) atoms. The summed E-state index contributed by atoms with van der Waals surface area (Å²) in [6.07, 6.45) is 6.30. The van der Waals surface area contributed by atoms with Gasteiger partial charge in [-0.2, -0.15) is 9.61 Å². The second-order valence-corrected chi connectivity index (χ2v) is 8.06. The van der Waals surface area contributed by atoms with E-state index in [0.29, 0.717) is 24.0 Å². The highest BCUT2D eigenvalue weighted by atomic mass is 16.2. The number of hydrogen-bond acceptors (Lipinski definition) is 7. The molecule has 4 aromatic rings. The molecule has 0 bridgehead atoms. The van der Waals surface area contributed by atoms with Crippen LogP contribution in [-0.4, -0.2) is 62.0 Å². The molecule has 4 heterocycles. The van der Waals surface area contributed by atoms with E-state index in [0.717, 1.165) is 41.4 Å². The molecule has 10 heteroatoms. The lowest BCUT2D eigenvalue weighted by molar-refractivity contribution is -0.121. The van der Waals surface area contributed by atoms with Crippen LogP contribution < -0.4 is 15.5 Å². The van der Waals surface area contributed by atoms with Gasteiger partial charge in [-0.3, -0.25) is 9.48 Å². The first-order valence-electron chi connectivity index (χ1n) is 10.4. The molecule has 1 aromatic carbocycles. The van der Waals surface area contributed by atoms with Gasteiger partial charge in [0.15, 0.2) is 11.5 Å². The third-order valence-electron chi connectivity index (χ3n) is 5.56. The summed E-state index contributed by atoms with van der Waals surface area (Å²) in [6.45, 7) is 0.705. The number of nitrogens with one attached hydrogen (secondary N) is 2. The SMILES string of the molecule is CN(C)c1cccc2c1nc(N[C@@H]1CCCCNC1=O)n1nc(-c3cnn(C)c3)nc21. The topological polar surface area (TPSA) is 105 Å². The second-order valence-electron chi connectivity index (χ2n) is 8.06. The highest BCUT2D eigenvalue weighted by molar-refractivity contribution is 6.00. The van der Waals surface area contributed by atoms with Gasteiger partial charge in [-0.25, -0.2) is 9.97 Å². The van der Waals surface area contributed by atoms with Gasteiger partial charge in [-0.05, 0) is 31.4 Å². The molecule has 1 aliphatic heterocycles. The van der Waals surface area contributed by atoms with Crippen LogP contribution in [0.2, 0.25) is 0 Å². The molecule has 0 radical (unpaired) electrons. The number of amides is 1. The monoisotopic (exact) mass is 419 g/mol. The first-order valence-corrected chi connectivity index (χ1v) is 10.4. The fourth-order valence-corrected chi connectivity index (χ4v) is 3.96. The van der Waals surface area contributed by atoms with Crippen molar-refractivity contribution in [1.29, 1.82) is 0 Å². The molecule has 1 atom stereocenters. The van der Waals surface area contributed by atoms with Crippen molar-refractivity contribution in [3.63, 3.8) is 0 Å². The average molecular weight is 419 g/mol. The van der Waals surface area contributed by atoms with Crippen LogP contribution in [0.15, 0.2) is 30.6 Å². The molecule has 2 N–H and O–H groups in total. The Morgan fingerprint density at radius 1 is 1.23 bits per heavy atom. The number of rotatable bonds is 4. The standard InChI is InChI=1S/C21H25N9O/c1-28(2)16-9-6-7-14-17(16)25-21(24-15-8-4-5-10-22-20(15)31)30-19(14)26-18(27-30)13-11-23-29(3)12-13/h6-7,9,11-12,15H,4-5,8,10H2,1-3H3,(H,22,31)(H,24,25)/t15-/m1/s1. The number of anilines is 2. The molecule has 10 nitrogen and oxygen atoms in total. The van der Waals surface area contributed by atoms with Crippen LogP contribution in [0.4, 0.5) is 11.6 Å². The third-order valence-corrected chi connectivity index (χ3v) is 5.56. The Hall–Kier alpha value is -3.69. The van der Waals surface area contributed by atoms with Crippen molar-refractivity contribution >= 4 is 34.1 Å². The Balaban J connectivity index is 1.72. The number of aryl methyl sites for hydroxylation is 1. The van der Waals surface area contributed by atoms with Gasteiger partial charge in [0.1, 0.15) is 11.6 Å². The lowest BCUT2D eigenvalue weighted by Crippen LogP contribution is -2.38. The van der Waals surface area contributed by atoms with E-state index in [9.17, 15) is 4.79 Å². The highest BCUT2D eigenvalue weighted by Crippen LogP contribution is 2.30. The number of hydrogen-bond donors (Lipinski definition) is 2. The summed E-state index contributed by atoms with van der Waals surface area (Å²) in [5, 5.41) is 16.2. The Kier molecular flexibility index (Phi) is 4.68. The molecule has 160 valence electrons. The lowest BCUT2D eigenvalue weighted by atomic mass is 10.1. The van der Waals surface area contributed by atoms with Crippen LogP contribution in [0.5, 0.6) is 0 Å². The van der Waals surface area contributed by atoms with Gasteiger partial charge in [-0.1, -0.05) is 6.07 Å². The summed E-state index contributed by atoms with van der Waals surface area (Å²) in [7, 11) is 5.83. The average Bonchev–Trinajstić information content (AvgIpc) is 3.33. The first kappa shape index (κ1) is 19.3. The maximum Gasteiger partial charge on any atom is 0.242 e. The van der Waals surface area contributed by atoms with Gasteiger partial charge in [-0.15, -0.1) is 5.10 Å². The number of fused-ring (bicyclic) bond motifs is 3. The van der Waals surface area contributed by atoms with Crippen LogP contribution in [0, 0.1) is 0 Å². The molecule has 0 aliphatic carbocycles. The zero-order valence-corrected chi connectivity index (χ0v) is 17.8. The summed E-state index contributed by atoms with van der Waals surface area (Å²) < 4.78 is 3.42. The fraction of sp³-hybridized carbons (Fsp3) is 0.381. The van der Waals surface area contributed by atoms with Crippen molar-refractivity contribution in [2.24, 2.45) is 7.05 Å². The zero-order valence-electron chi connectivity index (χ0n) is 17.8. The number of benzene rings is 1. The van der Waals surface area contributed by atoms with Gasteiger partial charge >= 0.3 is 0 Å². The van der Waals surface area contributed by atoms with E-state index in [1.54, 1.807) is 15.4 Å². The van der Waals surface area contributed by atoms with E-state index in [1.807, 2.05) is 50.4 Å². The van der Waals surface area contributed by atoms with Crippen molar-refractivity contribution in [3.8, 4) is 11.4 Å². The third kappa shape index (κ3) is 3.43. The molecule has 1 aliphatic rings. The summed E-state index contributed by atoms with van der Waals surface area (Å²) in [5.74, 6) is 1.05. The molecular formula is C21H25N9O. The van der Waals surface area contributed by atoms with Gasteiger partial charge in [0.05, 0.1) is 17.4 Å². The van der Waals surface area contributed by atoms with E-state index >= 15 is 0 Å². The molecule has 5 rings (SSSR count). The summed E-state index contributed by atoms with van der Waals surface area (Å²) in [5.41, 5.74) is 3.28. The second kappa shape index (κ2) is 7.53. The van der Waals surface area contributed by atoms with E-state index in [4.69, 9.17) is 15.1 Å². The molecule has 0 unspecified atom stereocenters. The predicted octanol–water partition coefficient (Wildman–Crippen LogP) is 1.82. The summed E-state index contributed by atoms with van der Waals surface area (Å²) >= 11 is 0. The van der Waals surface area contributed by atoms with Crippen molar-refractivity contribution in [2.45, 2.75) is 25.3 Å². The first-order chi connectivity index (χ1) is 15.0. The molecule has 3 aromatic heterocycles. The Morgan fingerprint density at radius 3 is 2.87 bits per heavy atom. The van der Waals surface area contributed by atoms with Crippen LogP contribution >= 0.6 is 0 Å². The Bertz CT molecular complexity index is 1270. The quantitative estimate of drug-likeness (QED) is 0.520. The minimum Gasteiger partial charge on any atom is -0.376 e. The maximum absolute atomic E-state index is 12.6. The summed E-state index contributed by atoms with van der Waals surface area (Å²) in [4.78, 5) is 24.3. The zero-order chi connectivity index (χ0) is 21.5. The number of carbonyl (C=O) groups excluding carboxylic acids is 1. The highest BCUT2D eigenvalue weighted by Gasteiger charge is 2.24. The van der Waals surface area contributed by atoms with Crippen LogP contribution in [-0.2, 0) is 11.8 Å². The minimum atomic E-state index is -0.367. The van der Waals surface area contributed by atoms with Gasteiger partial charge < -0.3 is 15.5 Å². The van der Waals surface area contributed by atoms with Crippen LogP contribution in [0.3, 0.4) is 0 Å². The molecule has 0 saturated carbocycles. The molecular weight excluding hydrogens is 394 g/mol. The molecule has 0 spiro atoms. The van der Waals surface area contributed by atoms with Gasteiger partial charge in [0.25, 0.3) is 0 Å². The normalized spacial score (nSPS) is 17.0. The van der Waals surface area contributed by atoms with Crippen LogP contribution in [0.25, 0.3) is 27.9 Å². The minimum absolute atomic E-state index is 0.0129. The smallest absolute Gasteiger partial charge is 0.242 e. The summed E-state index contributed by atoms with van der Waals surface area (Å²) in [6, 6.07) is 5.64. The fourth-order valence-electron chi connectivity index (χ4n) is 3.96. The number of aromatic nitrogens is 6. The Labute approximate surface area is 179 Å². The molecule has 1 fully saturated rings. The van der Waals surface area contributed by atoms with E-state index in [-0.39, 0.29) is 11.9 Å². The van der Waals surface area contributed by atoms with Crippen molar-refractivity contribution in [3.05, 3.63) is 30.6 Å². The maximum atomic E-state index is 12.6. The molecule has 1 amide bonds. The van der Waals surface area contributed by atoms with Gasteiger partial charge in [0, 0.05) is 39.3 Å². The van der Waals surface area contributed by atoms with E-state index < -0.39 is 0 Å². The lowest BCUT2D eigenvalue weighted by Gasteiger charge is -2.19. The van der Waals surface area contributed by atoms with E-state index in [2.05, 4.69) is 15.7 Å². The predicted molar refractivity (Wildman–Crippen MR) is 119 cm³/mol. The number of carbonyl (C=O) groups is 1. The largest absolute Gasteiger partial charge is 0.376 e. The van der Waals surface area contributed by atoms with Crippen LogP contribution in [0.1, 0.15) is 19.3 Å². The number of nitrogens with zero attached hydrogens (tertiary/aromatic N) is 7. The van der Waals surface area contributed by atoms with Crippen molar-refractivity contribution in [1.82, 2.24) is 34.7 Å². The van der Waals surface area contributed by atoms with Crippen molar-refractivity contribution in [2.75, 3.05) is 30.9 Å². The number of para-hydroxylation sites is 1. The molecule has 1 saturated heterocycles. The van der Waals surface area contributed by atoms with E-state index in [1.165, 1.54) is 0 Å². The van der Waals surface area contributed by atoms with Crippen molar-refractivity contribution < 1.29 is 4.79 Å². The Morgan fingerprint density at radius 2 is 2.10 bits per heavy atom. The van der Waals surface area contributed by atoms with Gasteiger partial charge in [0.2, 0.25) is 11.9 Å².